The Kier molecular flexibility index (Phi) is 4.23. The Labute approximate surface area is 133 Å². The van der Waals surface area contributed by atoms with Crippen molar-refractivity contribution >= 4 is 11.8 Å². The number of rotatable bonds is 6. The van der Waals surface area contributed by atoms with Crippen LogP contribution in [0.2, 0.25) is 0 Å². The molecule has 0 saturated heterocycles. The number of benzene rings is 1. The summed E-state index contributed by atoms with van der Waals surface area (Å²) in [7, 11) is 0. The number of aliphatic hydroxyl groups is 1. The van der Waals surface area contributed by atoms with Gasteiger partial charge in [-0.25, -0.2) is 14.1 Å². The van der Waals surface area contributed by atoms with Gasteiger partial charge < -0.3 is 5.11 Å². The number of hydrogen-bond acceptors (Lipinski definition) is 4. The number of hydrogen-bond donors (Lipinski definition) is 1. The molecule has 0 aliphatic heterocycles. The maximum Gasteiger partial charge on any atom is 0.185 e. The van der Waals surface area contributed by atoms with Gasteiger partial charge in [-0.3, -0.25) is 0 Å². The van der Waals surface area contributed by atoms with E-state index in [2.05, 4.69) is 17.0 Å². The van der Waals surface area contributed by atoms with Crippen LogP contribution in [0.3, 0.4) is 0 Å². The molecule has 1 saturated carbocycles. The summed E-state index contributed by atoms with van der Waals surface area (Å²) in [6.07, 6.45) is 5.70. The molecule has 3 rings (SSSR count). The summed E-state index contributed by atoms with van der Waals surface area (Å²) in [5.74, 6) is 0.295. The first-order chi connectivity index (χ1) is 10.5. The van der Waals surface area contributed by atoms with Gasteiger partial charge in [0, 0.05) is 0 Å². The molecule has 1 aromatic heterocycles. The lowest BCUT2D eigenvalue weighted by Gasteiger charge is -2.35. The minimum Gasteiger partial charge on any atom is -0.383 e. The van der Waals surface area contributed by atoms with E-state index in [0.717, 1.165) is 23.6 Å². The zero-order valence-corrected chi connectivity index (χ0v) is 13.6. The van der Waals surface area contributed by atoms with Crippen molar-refractivity contribution < 1.29 is 9.50 Å². The Morgan fingerprint density at radius 2 is 2.09 bits per heavy atom. The first-order valence-electron chi connectivity index (χ1n) is 7.45. The molecular formula is C16H20FN3OS. The van der Waals surface area contributed by atoms with E-state index in [-0.39, 0.29) is 11.7 Å². The summed E-state index contributed by atoms with van der Waals surface area (Å²) in [4.78, 5) is 4.19. The predicted octanol–water partition coefficient (Wildman–Crippen LogP) is 3.07. The first-order valence-corrected chi connectivity index (χ1v) is 8.67. The molecule has 0 spiro atoms. The van der Waals surface area contributed by atoms with Gasteiger partial charge in [0.1, 0.15) is 17.7 Å². The normalized spacial score (nSPS) is 18.9. The zero-order chi connectivity index (χ0) is 15.7. The van der Waals surface area contributed by atoms with Crippen LogP contribution >= 0.6 is 11.8 Å². The second-order valence-corrected chi connectivity index (χ2v) is 6.74. The molecular weight excluding hydrogens is 301 g/mol. The van der Waals surface area contributed by atoms with Gasteiger partial charge in [0.05, 0.1) is 6.54 Å². The van der Waals surface area contributed by atoms with E-state index in [4.69, 9.17) is 0 Å². The molecule has 1 fully saturated rings. The summed E-state index contributed by atoms with van der Waals surface area (Å²) >= 11 is 1.49. The Balaban J connectivity index is 1.97. The van der Waals surface area contributed by atoms with E-state index in [1.807, 2.05) is 6.26 Å². The lowest BCUT2D eigenvalue weighted by atomic mass is 9.79. The molecule has 4 nitrogen and oxygen atoms in total. The summed E-state index contributed by atoms with van der Waals surface area (Å²) in [6.45, 7) is 2.39. The molecule has 1 N–H and O–H groups in total. The Morgan fingerprint density at radius 3 is 2.68 bits per heavy atom. The number of thioether (sulfide) groups is 1. The predicted molar refractivity (Wildman–Crippen MR) is 84.0 cm³/mol. The summed E-state index contributed by atoms with van der Waals surface area (Å²) in [5, 5.41) is 16.4. The van der Waals surface area contributed by atoms with E-state index < -0.39 is 5.60 Å². The molecule has 2 unspecified atom stereocenters. The van der Waals surface area contributed by atoms with Crippen LogP contribution in [-0.2, 0) is 12.1 Å². The van der Waals surface area contributed by atoms with Gasteiger partial charge in [-0.2, -0.15) is 5.10 Å². The molecule has 1 aliphatic rings. The van der Waals surface area contributed by atoms with Crippen molar-refractivity contribution in [1.82, 2.24) is 14.8 Å². The molecule has 0 bridgehead atoms. The smallest absolute Gasteiger partial charge is 0.185 e. The molecule has 22 heavy (non-hydrogen) atoms. The third-order valence-electron chi connectivity index (χ3n) is 4.58. The Morgan fingerprint density at radius 1 is 1.41 bits per heavy atom. The average molecular weight is 321 g/mol. The quantitative estimate of drug-likeness (QED) is 0.831. The highest BCUT2D eigenvalue weighted by atomic mass is 32.2. The van der Waals surface area contributed by atoms with Crippen molar-refractivity contribution in [3.63, 3.8) is 0 Å². The van der Waals surface area contributed by atoms with Gasteiger partial charge in [0.15, 0.2) is 5.16 Å². The van der Waals surface area contributed by atoms with Crippen LogP contribution in [-0.4, -0.2) is 26.1 Å². The van der Waals surface area contributed by atoms with Gasteiger partial charge in [0.25, 0.3) is 0 Å². The van der Waals surface area contributed by atoms with Gasteiger partial charge >= 0.3 is 0 Å². The van der Waals surface area contributed by atoms with E-state index in [1.54, 1.807) is 16.8 Å². The SMILES string of the molecule is CSc1ncnn1CC(O)(c1ccc(F)cc1)C(C)C1CC1. The Bertz CT molecular complexity index is 641. The highest BCUT2D eigenvalue weighted by molar-refractivity contribution is 7.98. The molecule has 1 heterocycles. The van der Waals surface area contributed by atoms with Crippen molar-refractivity contribution in [2.75, 3.05) is 6.26 Å². The fourth-order valence-corrected chi connectivity index (χ4v) is 3.45. The third kappa shape index (κ3) is 2.90. The average Bonchev–Trinajstić information content (AvgIpc) is 3.27. The van der Waals surface area contributed by atoms with Crippen LogP contribution in [0.25, 0.3) is 0 Å². The van der Waals surface area contributed by atoms with E-state index in [0.29, 0.717) is 12.5 Å². The van der Waals surface area contributed by atoms with Gasteiger partial charge in [-0.05, 0) is 48.6 Å². The van der Waals surface area contributed by atoms with Crippen molar-refractivity contribution in [2.24, 2.45) is 11.8 Å². The van der Waals surface area contributed by atoms with Crippen LogP contribution < -0.4 is 0 Å². The molecule has 2 aromatic rings. The monoisotopic (exact) mass is 321 g/mol. The minimum atomic E-state index is -1.08. The van der Waals surface area contributed by atoms with Crippen LogP contribution in [0.5, 0.6) is 0 Å². The van der Waals surface area contributed by atoms with Gasteiger partial charge in [-0.15, -0.1) is 0 Å². The van der Waals surface area contributed by atoms with Crippen LogP contribution in [0.4, 0.5) is 4.39 Å². The Hall–Kier alpha value is -1.40. The van der Waals surface area contributed by atoms with E-state index in [1.165, 1.54) is 30.2 Å². The molecule has 6 heteroatoms. The lowest BCUT2D eigenvalue weighted by molar-refractivity contribution is -0.0462. The number of nitrogens with zero attached hydrogens (tertiary/aromatic N) is 3. The standard InChI is InChI=1S/C16H20FN3OS/c1-11(12-3-4-12)16(21,13-5-7-14(17)8-6-13)9-20-15(22-2)18-10-19-20/h5-8,10-12,21H,3-4,9H2,1-2H3. The zero-order valence-electron chi connectivity index (χ0n) is 12.7. The third-order valence-corrected chi connectivity index (χ3v) is 5.26. The maximum atomic E-state index is 13.2. The van der Waals surface area contributed by atoms with E-state index in [9.17, 15) is 9.50 Å². The molecule has 118 valence electrons. The summed E-state index contributed by atoms with van der Waals surface area (Å²) < 4.78 is 15.0. The molecule has 0 amide bonds. The van der Waals surface area contributed by atoms with Crippen LogP contribution in [0, 0.1) is 17.7 Å². The molecule has 2 atom stereocenters. The summed E-state index contributed by atoms with van der Waals surface area (Å²) in [5.41, 5.74) is -0.344. The fraction of sp³-hybridized carbons (Fsp3) is 0.500. The molecule has 1 aromatic carbocycles. The largest absolute Gasteiger partial charge is 0.383 e. The van der Waals surface area contributed by atoms with E-state index >= 15 is 0 Å². The molecule has 0 radical (unpaired) electrons. The highest BCUT2D eigenvalue weighted by Crippen LogP contribution is 2.46. The van der Waals surface area contributed by atoms with Crippen molar-refractivity contribution in [3.8, 4) is 0 Å². The molecule has 1 aliphatic carbocycles. The topological polar surface area (TPSA) is 50.9 Å². The van der Waals surface area contributed by atoms with Crippen LogP contribution in [0.15, 0.2) is 35.7 Å². The van der Waals surface area contributed by atoms with Crippen molar-refractivity contribution in [1.29, 1.82) is 0 Å². The number of halogens is 1. The van der Waals surface area contributed by atoms with Gasteiger partial charge in [-0.1, -0.05) is 30.8 Å². The second-order valence-electron chi connectivity index (χ2n) is 5.96. The van der Waals surface area contributed by atoms with Gasteiger partial charge in [0.2, 0.25) is 0 Å². The van der Waals surface area contributed by atoms with Crippen LogP contribution in [0.1, 0.15) is 25.3 Å². The maximum absolute atomic E-state index is 13.2. The van der Waals surface area contributed by atoms with Crippen molar-refractivity contribution in [3.05, 3.63) is 42.0 Å². The lowest BCUT2D eigenvalue weighted by Crippen LogP contribution is -2.39. The minimum absolute atomic E-state index is 0.0804. The number of aromatic nitrogens is 3. The highest BCUT2D eigenvalue weighted by Gasteiger charge is 2.44. The fourth-order valence-electron chi connectivity index (χ4n) is 2.97. The second kappa shape index (κ2) is 6.01. The van der Waals surface area contributed by atoms with Crippen molar-refractivity contribution in [2.45, 2.75) is 37.1 Å². The summed E-state index contributed by atoms with van der Waals surface area (Å²) in [6, 6.07) is 6.14. The first kappa shape index (κ1) is 15.5.